The van der Waals surface area contributed by atoms with Gasteiger partial charge in [-0.3, -0.25) is 9.59 Å². The second kappa shape index (κ2) is 8.37. The number of anilines is 1. The number of aromatic nitrogens is 3. The van der Waals surface area contributed by atoms with Crippen LogP contribution in [0.4, 0.5) is 5.82 Å². The van der Waals surface area contributed by atoms with E-state index in [1.165, 1.54) is 6.42 Å². The Hall–Kier alpha value is -3.42. The second-order valence-corrected chi connectivity index (χ2v) is 8.45. The molecule has 1 saturated carbocycles. The zero-order valence-electron chi connectivity index (χ0n) is 17.8. The Labute approximate surface area is 180 Å². The molecule has 0 spiro atoms. The Morgan fingerprint density at radius 1 is 1.19 bits per heavy atom. The molecule has 3 aromatic rings. The molecule has 0 aliphatic heterocycles. The summed E-state index contributed by atoms with van der Waals surface area (Å²) in [5.41, 5.74) is 14.6. The fourth-order valence-electron chi connectivity index (χ4n) is 3.86. The second-order valence-electron chi connectivity index (χ2n) is 8.45. The Bertz CT molecular complexity index is 1110. The molecule has 1 amide bonds. The van der Waals surface area contributed by atoms with Gasteiger partial charge in [-0.05, 0) is 32.3 Å². The highest BCUT2D eigenvalue weighted by atomic mass is 16.5. The minimum absolute atomic E-state index is 0.00918. The maximum atomic E-state index is 12.5. The van der Waals surface area contributed by atoms with Crippen LogP contribution >= 0.6 is 0 Å². The number of carbonyl (C=O) groups excluding carboxylic acids is 2. The van der Waals surface area contributed by atoms with E-state index in [4.69, 9.17) is 16.0 Å². The van der Waals surface area contributed by atoms with Gasteiger partial charge >= 0.3 is 0 Å². The topological polar surface area (TPSA) is 130 Å². The van der Waals surface area contributed by atoms with Crippen molar-refractivity contribution in [3.8, 4) is 11.3 Å². The van der Waals surface area contributed by atoms with Gasteiger partial charge in [0.15, 0.2) is 0 Å². The summed E-state index contributed by atoms with van der Waals surface area (Å²) in [6.45, 7) is 3.85. The van der Waals surface area contributed by atoms with Crippen LogP contribution in [0.25, 0.3) is 11.3 Å². The summed E-state index contributed by atoms with van der Waals surface area (Å²) in [5.74, 6) is 1.05. The molecule has 0 bridgehead atoms. The first-order chi connectivity index (χ1) is 14.8. The molecule has 1 fully saturated rings. The summed E-state index contributed by atoms with van der Waals surface area (Å²) in [4.78, 5) is 24.4. The third-order valence-corrected chi connectivity index (χ3v) is 5.77. The van der Waals surface area contributed by atoms with Gasteiger partial charge in [0, 0.05) is 30.0 Å². The molecule has 2 aromatic heterocycles. The molecule has 0 unspecified atom stereocenters. The Morgan fingerprint density at radius 3 is 2.48 bits per heavy atom. The van der Waals surface area contributed by atoms with Crippen LogP contribution < -0.4 is 11.5 Å². The van der Waals surface area contributed by atoms with Crippen molar-refractivity contribution >= 4 is 17.5 Å². The molecular formula is C23H27N5O3. The lowest BCUT2D eigenvalue weighted by atomic mass is 9.83. The molecule has 1 aliphatic rings. The first-order valence-corrected chi connectivity index (χ1v) is 10.6. The van der Waals surface area contributed by atoms with E-state index >= 15 is 0 Å². The predicted octanol–water partition coefficient (Wildman–Crippen LogP) is 3.42. The number of carbonyl (C=O) groups is 2. The van der Waals surface area contributed by atoms with Crippen LogP contribution in [-0.4, -0.2) is 26.6 Å². The number of nitrogens with zero attached hydrogens (tertiary/aromatic N) is 3. The van der Waals surface area contributed by atoms with Crippen LogP contribution in [0, 0.1) is 0 Å². The van der Waals surface area contributed by atoms with Gasteiger partial charge in [-0.25, -0.2) is 4.68 Å². The fraction of sp³-hybridized carbons (Fsp3) is 0.391. The van der Waals surface area contributed by atoms with E-state index in [0.717, 1.165) is 29.7 Å². The third-order valence-electron chi connectivity index (χ3n) is 5.77. The normalized spacial score (nSPS) is 14.0. The summed E-state index contributed by atoms with van der Waals surface area (Å²) in [6.07, 6.45) is 4.03. The van der Waals surface area contributed by atoms with Crippen LogP contribution in [0.1, 0.15) is 72.4 Å². The minimum atomic E-state index is -0.618. The quantitative estimate of drug-likeness (QED) is 0.573. The molecule has 0 saturated heterocycles. The number of primary amides is 1. The molecule has 8 heteroatoms. The van der Waals surface area contributed by atoms with Crippen LogP contribution in [0.15, 0.2) is 34.9 Å². The van der Waals surface area contributed by atoms with Gasteiger partial charge in [0.1, 0.15) is 28.6 Å². The molecule has 0 atom stereocenters. The maximum Gasteiger partial charge on any atom is 0.254 e. The standard InChI is InChI=1S/C23H27N5O3/c1-13(2)28-22(24)20(23(25)30)21(26-28)16-8-6-14(7-9-16)10-18(29)11-17-12-19(31-27-17)15-4-3-5-15/h6-9,12-13,15H,3-5,10-11,24H2,1-2H3,(H2,25,30). The maximum absolute atomic E-state index is 12.5. The lowest BCUT2D eigenvalue weighted by Gasteiger charge is -2.21. The lowest BCUT2D eigenvalue weighted by molar-refractivity contribution is -0.117. The van der Waals surface area contributed by atoms with E-state index in [2.05, 4.69) is 10.3 Å². The molecule has 4 N–H and O–H groups in total. The van der Waals surface area contributed by atoms with E-state index in [-0.39, 0.29) is 36.0 Å². The SMILES string of the molecule is CC(C)n1nc(-c2ccc(CC(=O)Cc3cc(C4CCC4)on3)cc2)c(C(N)=O)c1N. The summed E-state index contributed by atoms with van der Waals surface area (Å²) >= 11 is 0. The zero-order chi connectivity index (χ0) is 22.1. The molecule has 2 heterocycles. The molecule has 8 nitrogen and oxygen atoms in total. The van der Waals surface area contributed by atoms with Crippen molar-refractivity contribution in [3.63, 3.8) is 0 Å². The Kier molecular flexibility index (Phi) is 5.63. The van der Waals surface area contributed by atoms with E-state index < -0.39 is 5.91 Å². The van der Waals surface area contributed by atoms with Crippen molar-refractivity contribution < 1.29 is 14.1 Å². The summed E-state index contributed by atoms with van der Waals surface area (Å²) < 4.78 is 6.97. The van der Waals surface area contributed by atoms with E-state index in [1.54, 1.807) is 4.68 Å². The first-order valence-electron chi connectivity index (χ1n) is 10.6. The number of rotatable bonds is 8. The number of nitrogen functional groups attached to an aromatic ring is 1. The van der Waals surface area contributed by atoms with Gasteiger partial charge in [-0.15, -0.1) is 0 Å². The summed E-state index contributed by atoms with van der Waals surface area (Å²) in [5, 5.41) is 8.52. The van der Waals surface area contributed by atoms with Crippen LogP contribution in [0.3, 0.4) is 0 Å². The van der Waals surface area contributed by atoms with Gasteiger partial charge in [-0.2, -0.15) is 5.10 Å². The fourth-order valence-corrected chi connectivity index (χ4v) is 3.86. The Morgan fingerprint density at radius 2 is 1.90 bits per heavy atom. The van der Waals surface area contributed by atoms with Crippen LogP contribution in [-0.2, 0) is 17.6 Å². The minimum Gasteiger partial charge on any atom is -0.383 e. The van der Waals surface area contributed by atoms with Crippen molar-refractivity contribution in [1.82, 2.24) is 14.9 Å². The monoisotopic (exact) mass is 421 g/mol. The van der Waals surface area contributed by atoms with Gasteiger partial charge in [0.25, 0.3) is 5.91 Å². The van der Waals surface area contributed by atoms with E-state index in [9.17, 15) is 9.59 Å². The van der Waals surface area contributed by atoms with Gasteiger partial charge in [0.2, 0.25) is 0 Å². The number of hydrogen-bond acceptors (Lipinski definition) is 6. The molecule has 162 valence electrons. The highest BCUT2D eigenvalue weighted by molar-refractivity contribution is 6.03. The summed E-state index contributed by atoms with van der Waals surface area (Å²) in [7, 11) is 0. The largest absolute Gasteiger partial charge is 0.383 e. The summed E-state index contributed by atoms with van der Waals surface area (Å²) in [6, 6.07) is 9.26. The van der Waals surface area contributed by atoms with Crippen molar-refractivity contribution in [2.24, 2.45) is 5.73 Å². The number of Topliss-reactive ketones (excluding diaryl/α,β-unsaturated/α-hetero) is 1. The molecule has 1 aromatic carbocycles. The molecule has 0 radical (unpaired) electrons. The number of ketones is 1. The number of benzene rings is 1. The van der Waals surface area contributed by atoms with Crippen molar-refractivity contribution in [2.45, 2.75) is 57.9 Å². The number of nitrogens with two attached hydrogens (primary N) is 2. The van der Waals surface area contributed by atoms with Gasteiger partial charge in [0.05, 0.1) is 12.1 Å². The van der Waals surface area contributed by atoms with Crippen molar-refractivity contribution in [2.75, 3.05) is 5.73 Å². The molecule has 31 heavy (non-hydrogen) atoms. The highest BCUT2D eigenvalue weighted by Crippen LogP contribution is 2.36. The molecule has 1 aliphatic carbocycles. The molecule has 4 rings (SSSR count). The Balaban J connectivity index is 1.46. The predicted molar refractivity (Wildman–Crippen MR) is 116 cm³/mol. The third kappa shape index (κ3) is 4.23. The van der Waals surface area contributed by atoms with Crippen molar-refractivity contribution in [1.29, 1.82) is 0 Å². The first kappa shape index (κ1) is 20.8. The van der Waals surface area contributed by atoms with Crippen LogP contribution in [0.2, 0.25) is 0 Å². The smallest absolute Gasteiger partial charge is 0.254 e. The number of hydrogen-bond donors (Lipinski definition) is 2. The average Bonchev–Trinajstić information content (AvgIpc) is 3.25. The van der Waals surface area contributed by atoms with Gasteiger partial charge < -0.3 is 16.0 Å². The van der Waals surface area contributed by atoms with Crippen LogP contribution in [0.5, 0.6) is 0 Å². The number of amides is 1. The van der Waals surface area contributed by atoms with E-state index in [1.807, 2.05) is 44.2 Å². The molecular weight excluding hydrogens is 394 g/mol. The zero-order valence-corrected chi connectivity index (χ0v) is 17.8. The van der Waals surface area contributed by atoms with E-state index in [0.29, 0.717) is 17.3 Å². The highest BCUT2D eigenvalue weighted by Gasteiger charge is 2.24. The van der Waals surface area contributed by atoms with Gasteiger partial charge in [-0.1, -0.05) is 35.8 Å². The van der Waals surface area contributed by atoms with Crippen molar-refractivity contribution in [3.05, 3.63) is 52.9 Å². The average molecular weight is 422 g/mol. The lowest BCUT2D eigenvalue weighted by Crippen LogP contribution is -2.15.